The number of anilines is 1. The van der Waals surface area contributed by atoms with Gasteiger partial charge in [0.05, 0.1) is 5.69 Å². The van der Waals surface area contributed by atoms with E-state index in [0.29, 0.717) is 17.2 Å². The Hall–Kier alpha value is -2.37. The van der Waals surface area contributed by atoms with Crippen LogP contribution in [-0.2, 0) is 0 Å². The van der Waals surface area contributed by atoms with Gasteiger partial charge in [-0.3, -0.25) is 0 Å². The monoisotopic (exact) mass is 299 g/mol. The Bertz CT molecular complexity index is 718. The number of nitrogens with one attached hydrogen (secondary N) is 2. The van der Waals surface area contributed by atoms with Crippen LogP contribution in [0.3, 0.4) is 0 Å². The molecule has 6 nitrogen and oxygen atoms in total. The third-order valence-corrected chi connectivity index (χ3v) is 3.95. The highest BCUT2D eigenvalue weighted by atomic mass is 16.2. The van der Waals surface area contributed by atoms with Crippen LogP contribution in [0.5, 0.6) is 0 Å². The largest absolute Gasteiger partial charge is 0.332 e. The predicted molar refractivity (Wildman–Crippen MR) is 85.9 cm³/mol. The lowest BCUT2D eigenvalue weighted by molar-refractivity contribution is 0.250. The highest BCUT2D eigenvalue weighted by Crippen LogP contribution is 2.20. The lowest BCUT2D eigenvalue weighted by Gasteiger charge is -2.21. The molecule has 116 valence electrons. The minimum absolute atomic E-state index is 0.0552. The van der Waals surface area contributed by atoms with Crippen LogP contribution in [0.25, 0.3) is 5.65 Å². The maximum absolute atomic E-state index is 12.2. The standard InChI is InChI=1S/C16H21N5O/c1-11(13-7-4-3-5-8-13)17-16(22)19-14-9-6-10-21-15(14)18-12(2)20-21/h6-7,9-11H,3-5,8H2,1-2H3,(H2,17,19,22)/t11-/m1/s1. The van der Waals surface area contributed by atoms with E-state index in [2.05, 4.69) is 26.8 Å². The molecule has 0 spiro atoms. The van der Waals surface area contributed by atoms with Crippen LogP contribution in [0, 0.1) is 6.92 Å². The SMILES string of the molecule is Cc1nc2c(NC(=O)N[C@H](C)C3=CCCCC3)cccn2n1. The molecular formula is C16H21N5O. The maximum atomic E-state index is 12.2. The minimum atomic E-state index is -0.215. The van der Waals surface area contributed by atoms with Gasteiger partial charge in [0.15, 0.2) is 5.65 Å². The quantitative estimate of drug-likeness (QED) is 0.856. The van der Waals surface area contributed by atoms with Gasteiger partial charge in [-0.2, -0.15) is 5.10 Å². The molecule has 0 aliphatic heterocycles. The summed E-state index contributed by atoms with van der Waals surface area (Å²) in [5.41, 5.74) is 2.63. The Morgan fingerprint density at radius 3 is 3.05 bits per heavy atom. The molecule has 2 amide bonds. The van der Waals surface area contributed by atoms with Gasteiger partial charge in [0.2, 0.25) is 0 Å². The molecular weight excluding hydrogens is 278 g/mol. The second kappa shape index (κ2) is 6.17. The molecule has 2 aromatic heterocycles. The average molecular weight is 299 g/mol. The fourth-order valence-corrected chi connectivity index (χ4v) is 2.81. The number of amides is 2. The second-order valence-electron chi connectivity index (χ2n) is 5.69. The summed E-state index contributed by atoms with van der Waals surface area (Å²) in [6, 6.07) is 3.50. The molecule has 2 heterocycles. The first-order chi connectivity index (χ1) is 10.6. The van der Waals surface area contributed by atoms with Gasteiger partial charge in [-0.1, -0.05) is 11.6 Å². The first-order valence-corrected chi connectivity index (χ1v) is 7.72. The number of carbonyl (C=O) groups is 1. The van der Waals surface area contributed by atoms with Gasteiger partial charge in [-0.25, -0.2) is 14.3 Å². The Morgan fingerprint density at radius 2 is 2.27 bits per heavy atom. The molecule has 3 rings (SSSR count). The van der Waals surface area contributed by atoms with Gasteiger partial charge < -0.3 is 10.6 Å². The number of hydrogen-bond acceptors (Lipinski definition) is 3. The van der Waals surface area contributed by atoms with E-state index in [4.69, 9.17) is 0 Å². The normalized spacial score (nSPS) is 16.2. The lowest BCUT2D eigenvalue weighted by atomic mass is 9.95. The summed E-state index contributed by atoms with van der Waals surface area (Å²) < 4.78 is 1.66. The number of hydrogen-bond donors (Lipinski definition) is 2. The number of nitrogens with zero attached hydrogens (tertiary/aromatic N) is 3. The third kappa shape index (κ3) is 3.10. The fourth-order valence-electron chi connectivity index (χ4n) is 2.81. The Kier molecular flexibility index (Phi) is 4.09. The van der Waals surface area contributed by atoms with Crippen molar-refractivity contribution in [3.8, 4) is 0 Å². The zero-order valence-corrected chi connectivity index (χ0v) is 13.0. The summed E-state index contributed by atoms with van der Waals surface area (Å²) >= 11 is 0. The van der Waals surface area contributed by atoms with Gasteiger partial charge in [0, 0.05) is 12.2 Å². The van der Waals surface area contributed by atoms with Crippen molar-refractivity contribution < 1.29 is 4.79 Å². The summed E-state index contributed by atoms with van der Waals surface area (Å²) in [6.45, 7) is 3.85. The average Bonchev–Trinajstić information content (AvgIpc) is 2.89. The van der Waals surface area contributed by atoms with E-state index in [1.807, 2.05) is 32.2 Å². The van der Waals surface area contributed by atoms with Crippen molar-refractivity contribution >= 4 is 17.4 Å². The van der Waals surface area contributed by atoms with Gasteiger partial charge in [0.1, 0.15) is 5.82 Å². The van der Waals surface area contributed by atoms with E-state index >= 15 is 0 Å². The van der Waals surface area contributed by atoms with Crippen molar-refractivity contribution in [2.24, 2.45) is 0 Å². The number of pyridine rings is 1. The van der Waals surface area contributed by atoms with Crippen LogP contribution in [0.4, 0.5) is 10.5 Å². The summed E-state index contributed by atoms with van der Waals surface area (Å²) in [5.74, 6) is 0.676. The zero-order valence-electron chi connectivity index (χ0n) is 13.0. The molecule has 2 aromatic rings. The zero-order chi connectivity index (χ0) is 15.5. The minimum Gasteiger partial charge on any atom is -0.332 e. The Morgan fingerprint density at radius 1 is 1.41 bits per heavy atom. The van der Waals surface area contributed by atoms with Crippen LogP contribution in [0.1, 0.15) is 38.4 Å². The molecule has 2 N–H and O–H groups in total. The van der Waals surface area contributed by atoms with Crippen molar-refractivity contribution in [2.45, 2.75) is 45.6 Å². The van der Waals surface area contributed by atoms with Crippen molar-refractivity contribution in [1.82, 2.24) is 19.9 Å². The molecule has 1 aliphatic rings. The molecule has 0 bridgehead atoms. The molecule has 0 radical (unpaired) electrons. The first-order valence-electron chi connectivity index (χ1n) is 7.72. The van der Waals surface area contributed by atoms with Crippen LogP contribution in [-0.4, -0.2) is 26.7 Å². The van der Waals surface area contributed by atoms with Crippen molar-refractivity contribution in [3.05, 3.63) is 35.8 Å². The van der Waals surface area contributed by atoms with Gasteiger partial charge >= 0.3 is 6.03 Å². The summed E-state index contributed by atoms with van der Waals surface area (Å²) in [6.07, 6.45) is 8.70. The van der Waals surface area contributed by atoms with Crippen molar-refractivity contribution in [1.29, 1.82) is 0 Å². The van der Waals surface area contributed by atoms with Gasteiger partial charge in [-0.05, 0) is 51.7 Å². The summed E-state index contributed by atoms with van der Waals surface area (Å²) in [7, 11) is 0. The topological polar surface area (TPSA) is 71.3 Å². The van der Waals surface area contributed by atoms with Crippen molar-refractivity contribution in [3.63, 3.8) is 0 Å². The van der Waals surface area contributed by atoms with Crippen LogP contribution in [0.2, 0.25) is 0 Å². The predicted octanol–water partition coefficient (Wildman–Crippen LogP) is 3.05. The number of rotatable bonds is 3. The first kappa shape index (κ1) is 14.6. The fraction of sp³-hybridized carbons (Fsp3) is 0.438. The smallest absolute Gasteiger partial charge is 0.319 e. The second-order valence-corrected chi connectivity index (χ2v) is 5.69. The van der Waals surface area contributed by atoms with E-state index in [0.717, 1.165) is 12.8 Å². The highest BCUT2D eigenvalue weighted by Gasteiger charge is 2.15. The molecule has 0 aromatic carbocycles. The van der Waals surface area contributed by atoms with E-state index < -0.39 is 0 Å². The molecule has 0 saturated carbocycles. The molecule has 1 aliphatic carbocycles. The van der Waals surface area contributed by atoms with Gasteiger partial charge in [-0.15, -0.1) is 0 Å². The van der Waals surface area contributed by atoms with Gasteiger partial charge in [0.25, 0.3) is 0 Å². The number of urea groups is 1. The van der Waals surface area contributed by atoms with E-state index in [-0.39, 0.29) is 12.1 Å². The number of carbonyl (C=O) groups excluding carboxylic acids is 1. The van der Waals surface area contributed by atoms with E-state index in [9.17, 15) is 4.79 Å². The number of allylic oxidation sites excluding steroid dienone is 1. The maximum Gasteiger partial charge on any atom is 0.319 e. The molecule has 0 fully saturated rings. The lowest BCUT2D eigenvalue weighted by Crippen LogP contribution is -2.37. The molecule has 6 heteroatoms. The van der Waals surface area contributed by atoms with Crippen molar-refractivity contribution in [2.75, 3.05) is 5.32 Å². The molecule has 0 unspecified atom stereocenters. The van der Waals surface area contributed by atoms with Crippen LogP contribution in [0.15, 0.2) is 30.0 Å². The Balaban J connectivity index is 1.69. The summed E-state index contributed by atoms with van der Waals surface area (Å²) in [5, 5.41) is 10.1. The number of fused-ring (bicyclic) bond motifs is 1. The number of aromatic nitrogens is 3. The Labute approximate surface area is 129 Å². The van der Waals surface area contributed by atoms with E-state index in [1.54, 1.807) is 4.52 Å². The third-order valence-electron chi connectivity index (χ3n) is 3.95. The summed E-state index contributed by atoms with van der Waals surface area (Å²) in [4.78, 5) is 16.5. The molecule has 0 saturated heterocycles. The van der Waals surface area contributed by atoms with Crippen LogP contribution >= 0.6 is 0 Å². The number of aryl methyl sites for hydroxylation is 1. The molecule has 1 atom stereocenters. The highest BCUT2D eigenvalue weighted by molar-refractivity contribution is 5.93. The van der Waals surface area contributed by atoms with Crippen LogP contribution < -0.4 is 10.6 Å². The molecule has 22 heavy (non-hydrogen) atoms. The van der Waals surface area contributed by atoms with E-state index in [1.165, 1.54) is 18.4 Å².